The van der Waals surface area contributed by atoms with Gasteiger partial charge in [0.2, 0.25) is 0 Å². The van der Waals surface area contributed by atoms with Gasteiger partial charge in [-0.25, -0.2) is 27.5 Å². The Morgan fingerprint density at radius 2 is 1.42 bits per heavy atom. The molecule has 0 amide bonds. The molecule has 3 aromatic carbocycles. The third-order valence-corrected chi connectivity index (χ3v) is 5.26. The second-order valence-corrected chi connectivity index (χ2v) is 7.51. The fourth-order valence-electron chi connectivity index (χ4n) is 3.62. The van der Waals surface area contributed by atoms with Crippen LogP contribution in [0.3, 0.4) is 0 Å². The molecule has 158 valence electrons. The lowest BCUT2D eigenvalue weighted by molar-refractivity contribution is 0.445. The van der Waals surface area contributed by atoms with Crippen molar-refractivity contribution < 1.29 is 17.6 Å². The maximum absolute atomic E-state index is 15.0. The van der Waals surface area contributed by atoms with Gasteiger partial charge in [0, 0.05) is 23.3 Å². The molecule has 0 aliphatic carbocycles. The van der Waals surface area contributed by atoms with E-state index in [1.54, 1.807) is 36.7 Å². The van der Waals surface area contributed by atoms with Crippen molar-refractivity contribution in [3.8, 4) is 11.4 Å². The minimum atomic E-state index is -1.50. The van der Waals surface area contributed by atoms with Gasteiger partial charge in [-0.2, -0.15) is 0 Å². The summed E-state index contributed by atoms with van der Waals surface area (Å²) in [6.45, 7) is 2.09. The third kappa shape index (κ3) is 4.43. The Kier molecular flexibility index (Phi) is 5.98. The number of hydrogen-bond acceptors (Lipinski definition) is 2. The van der Waals surface area contributed by atoms with Gasteiger partial charge in [0.1, 0.15) is 5.82 Å². The van der Waals surface area contributed by atoms with E-state index < -0.39 is 17.5 Å². The molecule has 0 saturated carbocycles. The lowest BCUT2D eigenvalue weighted by Crippen LogP contribution is -1.99. The topological polar surface area (TPSA) is 25.8 Å². The largest absolute Gasteiger partial charge is 0.236 e. The van der Waals surface area contributed by atoms with Crippen LogP contribution in [0.4, 0.5) is 17.6 Å². The molecule has 4 rings (SSSR count). The molecule has 0 N–H and O–H groups in total. The summed E-state index contributed by atoms with van der Waals surface area (Å²) >= 11 is 0. The van der Waals surface area contributed by atoms with Crippen molar-refractivity contribution in [2.24, 2.45) is 0 Å². The summed E-state index contributed by atoms with van der Waals surface area (Å²) < 4.78 is 54.9. The fourth-order valence-corrected chi connectivity index (χ4v) is 3.62. The number of rotatable bonds is 6. The number of nitrogens with zero attached hydrogens (tertiary/aromatic N) is 2. The first-order chi connectivity index (χ1) is 15.0. The zero-order valence-electron chi connectivity index (χ0n) is 16.9. The molecule has 0 radical (unpaired) electrons. The first kappa shape index (κ1) is 21.0. The lowest BCUT2D eigenvalue weighted by Gasteiger charge is -2.09. The van der Waals surface area contributed by atoms with Crippen LogP contribution in [0.1, 0.15) is 30.0 Å². The first-order valence-electron chi connectivity index (χ1n) is 10.1. The molecule has 4 aromatic rings. The zero-order chi connectivity index (χ0) is 22.0. The molecule has 31 heavy (non-hydrogen) atoms. The fraction of sp³-hybridized carbons (Fsp3) is 0.200. The Hall–Kier alpha value is -3.28. The van der Waals surface area contributed by atoms with Crippen molar-refractivity contribution in [2.75, 3.05) is 0 Å². The highest BCUT2D eigenvalue weighted by atomic mass is 19.2. The average molecular weight is 424 g/mol. The van der Waals surface area contributed by atoms with Crippen LogP contribution in [0.25, 0.3) is 22.2 Å². The zero-order valence-corrected chi connectivity index (χ0v) is 16.9. The minimum Gasteiger partial charge on any atom is -0.236 e. The van der Waals surface area contributed by atoms with Crippen molar-refractivity contribution in [3.05, 3.63) is 94.8 Å². The van der Waals surface area contributed by atoms with Crippen molar-refractivity contribution in [1.82, 2.24) is 9.97 Å². The number of aryl methyl sites for hydroxylation is 3. The molecule has 6 heteroatoms. The molecule has 0 spiro atoms. The molecule has 2 nitrogen and oxygen atoms in total. The Balaban J connectivity index is 1.57. The monoisotopic (exact) mass is 424 g/mol. The van der Waals surface area contributed by atoms with Gasteiger partial charge in [0.25, 0.3) is 0 Å². The molecular formula is C25H20F4N2. The number of fused-ring (bicyclic) bond motifs is 1. The second-order valence-electron chi connectivity index (χ2n) is 7.51. The van der Waals surface area contributed by atoms with E-state index in [2.05, 4.69) is 16.9 Å². The van der Waals surface area contributed by atoms with Crippen LogP contribution in [-0.4, -0.2) is 9.97 Å². The van der Waals surface area contributed by atoms with E-state index in [-0.39, 0.29) is 24.2 Å². The molecule has 0 atom stereocenters. The van der Waals surface area contributed by atoms with Crippen molar-refractivity contribution >= 4 is 10.8 Å². The SMILES string of the molecule is CCCc1cnc(-c2ccc3c(F)c(CCc4cc(F)c(F)c(F)c4)ccc3c2)nc1. The van der Waals surface area contributed by atoms with Crippen LogP contribution >= 0.6 is 0 Å². The summed E-state index contributed by atoms with van der Waals surface area (Å²) in [5, 5.41) is 1.15. The first-order valence-corrected chi connectivity index (χ1v) is 10.1. The van der Waals surface area contributed by atoms with E-state index in [4.69, 9.17) is 0 Å². The van der Waals surface area contributed by atoms with E-state index in [1.165, 1.54) is 0 Å². The quantitative estimate of drug-likeness (QED) is 0.258. The third-order valence-electron chi connectivity index (χ3n) is 5.26. The molecular weight excluding hydrogens is 404 g/mol. The van der Waals surface area contributed by atoms with Gasteiger partial charge < -0.3 is 0 Å². The van der Waals surface area contributed by atoms with Gasteiger partial charge in [-0.05, 0) is 59.5 Å². The van der Waals surface area contributed by atoms with Gasteiger partial charge in [0.05, 0.1) is 0 Å². The standard InChI is InChI=1S/C25H20F4N2/c1-2-3-16-13-30-25(31-14-16)19-8-9-20-18(12-19)7-6-17(23(20)28)5-4-15-10-21(26)24(29)22(27)11-15/h6-14H,2-5H2,1H3. The Morgan fingerprint density at radius 3 is 2.10 bits per heavy atom. The van der Waals surface area contributed by atoms with Gasteiger partial charge >= 0.3 is 0 Å². The van der Waals surface area contributed by atoms with E-state index in [0.717, 1.165) is 36.1 Å². The normalized spacial score (nSPS) is 11.3. The molecule has 1 aromatic heterocycles. The van der Waals surface area contributed by atoms with Gasteiger partial charge in [-0.1, -0.05) is 37.6 Å². The van der Waals surface area contributed by atoms with Crippen LogP contribution in [0.5, 0.6) is 0 Å². The highest BCUT2D eigenvalue weighted by Gasteiger charge is 2.13. The van der Waals surface area contributed by atoms with Gasteiger partial charge in [0.15, 0.2) is 23.3 Å². The Bertz CT molecular complexity index is 1210. The molecule has 0 aliphatic rings. The predicted molar refractivity (Wildman–Crippen MR) is 113 cm³/mol. The number of halogens is 4. The number of aromatic nitrogens is 2. The summed E-state index contributed by atoms with van der Waals surface area (Å²) in [5.74, 6) is -3.80. The van der Waals surface area contributed by atoms with Crippen LogP contribution < -0.4 is 0 Å². The summed E-state index contributed by atoms with van der Waals surface area (Å²) in [6.07, 6.45) is 5.97. The van der Waals surface area contributed by atoms with Crippen molar-refractivity contribution in [1.29, 1.82) is 0 Å². The van der Waals surface area contributed by atoms with Gasteiger partial charge in [-0.3, -0.25) is 0 Å². The molecule has 0 fully saturated rings. The highest BCUT2D eigenvalue weighted by molar-refractivity contribution is 5.87. The summed E-state index contributed by atoms with van der Waals surface area (Å²) in [4.78, 5) is 8.81. The number of hydrogen-bond donors (Lipinski definition) is 0. The van der Waals surface area contributed by atoms with E-state index in [1.807, 2.05) is 6.07 Å². The van der Waals surface area contributed by atoms with E-state index in [9.17, 15) is 13.2 Å². The number of benzene rings is 3. The molecule has 1 heterocycles. The van der Waals surface area contributed by atoms with Crippen LogP contribution in [0.15, 0.2) is 54.9 Å². The molecule has 0 bridgehead atoms. The molecule has 0 unspecified atom stereocenters. The van der Waals surface area contributed by atoms with Crippen molar-refractivity contribution in [3.63, 3.8) is 0 Å². The van der Waals surface area contributed by atoms with Crippen molar-refractivity contribution in [2.45, 2.75) is 32.6 Å². The van der Waals surface area contributed by atoms with E-state index >= 15 is 4.39 Å². The smallest absolute Gasteiger partial charge is 0.194 e. The summed E-state index contributed by atoms with van der Waals surface area (Å²) in [5.41, 5.74) is 2.56. The lowest BCUT2D eigenvalue weighted by atomic mass is 9.99. The Labute approximate surface area is 177 Å². The molecule has 0 saturated heterocycles. The Morgan fingerprint density at radius 1 is 0.710 bits per heavy atom. The van der Waals surface area contributed by atoms with Crippen LogP contribution in [0, 0.1) is 23.3 Å². The summed E-state index contributed by atoms with van der Waals surface area (Å²) in [7, 11) is 0. The molecule has 0 aliphatic heterocycles. The predicted octanol–water partition coefficient (Wildman–Crippen LogP) is 6.59. The maximum atomic E-state index is 15.0. The minimum absolute atomic E-state index is 0.187. The second kappa shape index (κ2) is 8.84. The van der Waals surface area contributed by atoms with Crippen LogP contribution in [0.2, 0.25) is 0 Å². The highest BCUT2D eigenvalue weighted by Crippen LogP contribution is 2.27. The van der Waals surface area contributed by atoms with Gasteiger partial charge in [-0.15, -0.1) is 0 Å². The van der Waals surface area contributed by atoms with E-state index in [0.29, 0.717) is 22.2 Å². The average Bonchev–Trinajstić information content (AvgIpc) is 2.77. The maximum Gasteiger partial charge on any atom is 0.194 e. The summed E-state index contributed by atoms with van der Waals surface area (Å²) in [6, 6.07) is 10.6. The van der Waals surface area contributed by atoms with Crippen LogP contribution in [-0.2, 0) is 19.3 Å².